The van der Waals surface area contributed by atoms with Crippen molar-refractivity contribution < 1.29 is 9.53 Å². The molecular formula is C21H22N6O3. The number of hydrogen-bond donors (Lipinski definition) is 2. The van der Waals surface area contributed by atoms with Crippen LogP contribution in [0.3, 0.4) is 0 Å². The number of hydrogen-bond acceptors (Lipinski definition) is 7. The molecule has 0 aliphatic heterocycles. The Kier molecular flexibility index (Phi) is 6.84. The molecule has 0 fully saturated rings. The van der Waals surface area contributed by atoms with Crippen LogP contribution in [0, 0.1) is 12.3 Å². The normalized spacial score (nSPS) is 10.4. The van der Waals surface area contributed by atoms with Crippen LogP contribution >= 0.6 is 0 Å². The summed E-state index contributed by atoms with van der Waals surface area (Å²) in [5.41, 5.74) is 9.22. The van der Waals surface area contributed by atoms with Gasteiger partial charge >= 0.3 is 6.09 Å². The lowest BCUT2D eigenvalue weighted by Crippen LogP contribution is -2.38. The number of para-hydroxylation sites is 1. The van der Waals surface area contributed by atoms with Gasteiger partial charge in [0.1, 0.15) is 0 Å². The standard InChI is InChI=1S/C21H22N6O3/c1-2-3-13-26(14-8-15-30-20(22)29)21-24-17-11-7-12-23-18(17)19(28)27(21)25-16-9-5-4-6-10-16/h1,4-7,9-12,25H,3,8,13-15H2,(H2,22,29). The summed E-state index contributed by atoms with van der Waals surface area (Å²) in [6, 6.07) is 12.7. The molecular weight excluding hydrogens is 384 g/mol. The average Bonchev–Trinajstić information content (AvgIpc) is 2.76. The Bertz CT molecular complexity index is 1110. The monoisotopic (exact) mass is 406 g/mol. The van der Waals surface area contributed by atoms with Crippen LogP contribution in [0.25, 0.3) is 11.0 Å². The van der Waals surface area contributed by atoms with Crippen LogP contribution in [0.2, 0.25) is 0 Å². The number of aromatic nitrogens is 3. The molecule has 0 aliphatic carbocycles. The maximum absolute atomic E-state index is 13.2. The molecule has 3 rings (SSSR count). The van der Waals surface area contributed by atoms with Crippen molar-refractivity contribution in [1.82, 2.24) is 14.6 Å². The van der Waals surface area contributed by atoms with Crippen molar-refractivity contribution in [2.24, 2.45) is 5.73 Å². The molecule has 2 heterocycles. The van der Waals surface area contributed by atoms with Crippen molar-refractivity contribution in [2.45, 2.75) is 12.8 Å². The van der Waals surface area contributed by atoms with Gasteiger partial charge in [-0.25, -0.2) is 14.8 Å². The third kappa shape index (κ3) is 5.05. The summed E-state index contributed by atoms with van der Waals surface area (Å²) in [5.74, 6) is 2.99. The van der Waals surface area contributed by atoms with Crippen LogP contribution in [0.1, 0.15) is 12.8 Å². The van der Waals surface area contributed by atoms with Crippen LogP contribution in [0.4, 0.5) is 16.4 Å². The second-order valence-electron chi connectivity index (χ2n) is 6.36. The van der Waals surface area contributed by atoms with Crippen LogP contribution in [0.5, 0.6) is 0 Å². The van der Waals surface area contributed by atoms with E-state index in [2.05, 4.69) is 21.3 Å². The van der Waals surface area contributed by atoms with Gasteiger partial charge in [0.15, 0.2) is 5.52 Å². The third-order valence-electron chi connectivity index (χ3n) is 4.25. The van der Waals surface area contributed by atoms with Crippen molar-refractivity contribution in [3.05, 3.63) is 59.0 Å². The summed E-state index contributed by atoms with van der Waals surface area (Å²) in [5, 5.41) is 0. The lowest BCUT2D eigenvalue weighted by molar-refractivity contribution is 0.156. The first-order chi connectivity index (χ1) is 14.6. The highest BCUT2D eigenvalue weighted by Gasteiger charge is 2.18. The summed E-state index contributed by atoms with van der Waals surface area (Å²) in [6.45, 7) is 1.05. The number of rotatable bonds is 9. The minimum Gasteiger partial charge on any atom is -0.450 e. The van der Waals surface area contributed by atoms with Gasteiger partial charge in [-0.15, -0.1) is 12.3 Å². The summed E-state index contributed by atoms with van der Waals surface area (Å²) in [6.07, 6.45) is 7.11. The van der Waals surface area contributed by atoms with Gasteiger partial charge in [-0.2, -0.15) is 4.68 Å². The number of ether oxygens (including phenoxy) is 1. The molecule has 3 N–H and O–H groups in total. The molecule has 0 unspecified atom stereocenters. The summed E-state index contributed by atoms with van der Waals surface area (Å²) < 4.78 is 6.17. The van der Waals surface area contributed by atoms with Gasteiger partial charge in [0, 0.05) is 25.7 Å². The molecule has 0 spiro atoms. The Morgan fingerprint density at radius 1 is 1.23 bits per heavy atom. The minimum atomic E-state index is -0.831. The quantitative estimate of drug-likeness (QED) is 0.412. The second kappa shape index (κ2) is 9.93. The predicted octanol–water partition coefficient (Wildman–Crippen LogP) is 1.98. The second-order valence-corrected chi connectivity index (χ2v) is 6.36. The molecule has 0 saturated carbocycles. The lowest BCUT2D eigenvalue weighted by Gasteiger charge is -2.26. The Morgan fingerprint density at radius 3 is 2.77 bits per heavy atom. The topological polar surface area (TPSA) is 115 Å². The molecule has 3 aromatic rings. The van der Waals surface area contributed by atoms with Gasteiger partial charge in [-0.3, -0.25) is 10.2 Å². The number of nitrogens with zero attached hydrogens (tertiary/aromatic N) is 4. The van der Waals surface area contributed by atoms with Crippen molar-refractivity contribution in [3.63, 3.8) is 0 Å². The molecule has 2 aromatic heterocycles. The summed E-state index contributed by atoms with van der Waals surface area (Å²) in [7, 11) is 0. The largest absolute Gasteiger partial charge is 0.450 e. The van der Waals surface area contributed by atoms with Crippen LogP contribution in [-0.4, -0.2) is 40.4 Å². The van der Waals surface area contributed by atoms with E-state index in [9.17, 15) is 9.59 Å². The number of terminal acetylenes is 1. The molecule has 0 atom stereocenters. The van der Waals surface area contributed by atoms with Crippen LogP contribution in [0.15, 0.2) is 53.5 Å². The number of carbonyl (C=O) groups is 1. The Labute approximate surface area is 173 Å². The first-order valence-electron chi connectivity index (χ1n) is 9.40. The molecule has 0 radical (unpaired) electrons. The summed E-state index contributed by atoms with van der Waals surface area (Å²) in [4.78, 5) is 34.7. The number of nitrogens with two attached hydrogens (primary N) is 1. The molecule has 30 heavy (non-hydrogen) atoms. The van der Waals surface area contributed by atoms with E-state index in [0.29, 0.717) is 43.1 Å². The summed E-state index contributed by atoms with van der Waals surface area (Å²) >= 11 is 0. The maximum Gasteiger partial charge on any atom is 0.404 e. The van der Waals surface area contributed by atoms with E-state index in [1.165, 1.54) is 4.68 Å². The fraction of sp³-hybridized carbons (Fsp3) is 0.238. The molecule has 0 bridgehead atoms. The molecule has 0 aliphatic rings. The Morgan fingerprint density at radius 2 is 2.03 bits per heavy atom. The first-order valence-corrected chi connectivity index (χ1v) is 9.40. The van der Waals surface area contributed by atoms with Gasteiger partial charge in [0.05, 0.1) is 17.8 Å². The third-order valence-corrected chi connectivity index (χ3v) is 4.25. The van der Waals surface area contributed by atoms with E-state index >= 15 is 0 Å². The Balaban J connectivity index is 2.02. The predicted molar refractivity (Wildman–Crippen MR) is 115 cm³/mol. The molecule has 0 saturated heterocycles. The van der Waals surface area contributed by atoms with Crippen molar-refractivity contribution >= 4 is 28.8 Å². The Hall–Kier alpha value is -4.06. The van der Waals surface area contributed by atoms with Crippen LogP contribution in [-0.2, 0) is 4.74 Å². The van der Waals surface area contributed by atoms with Crippen LogP contribution < -0.4 is 21.6 Å². The van der Waals surface area contributed by atoms with Gasteiger partial charge in [-0.05, 0) is 30.7 Å². The van der Waals surface area contributed by atoms with E-state index < -0.39 is 6.09 Å². The average molecular weight is 406 g/mol. The first kappa shape index (κ1) is 20.7. The van der Waals surface area contributed by atoms with E-state index in [1.54, 1.807) is 18.3 Å². The molecule has 1 aromatic carbocycles. The van der Waals surface area contributed by atoms with Crippen molar-refractivity contribution in [1.29, 1.82) is 0 Å². The fourth-order valence-corrected chi connectivity index (χ4v) is 2.90. The smallest absolute Gasteiger partial charge is 0.404 e. The SMILES string of the molecule is C#CCCN(CCCOC(N)=O)c1nc2cccnc2c(=O)n1Nc1ccccc1. The van der Waals surface area contributed by atoms with E-state index in [4.69, 9.17) is 16.9 Å². The number of anilines is 2. The number of benzene rings is 1. The van der Waals surface area contributed by atoms with Crippen molar-refractivity contribution in [2.75, 3.05) is 30.0 Å². The zero-order chi connectivity index (χ0) is 21.3. The van der Waals surface area contributed by atoms with Gasteiger partial charge in [-0.1, -0.05) is 18.2 Å². The number of amides is 1. The van der Waals surface area contributed by atoms with E-state index in [0.717, 1.165) is 0 Å². The lowest BCUT2D eigenvalue weighted by atomic mass is 10.3. The number of nitrogens with one attached hydrogen (secondary N) is 1. The zero-order valence-electron chi connectivity index (χ0n) is 16.3. The highest BCUT2D eigenvalue weighted by Crippen LogP contribution is 2.16. The van der Waals surface area contributed by atoms with Gasteiger partial charge in [0.2, 0.25) is 5.95 Å². The number of fused-ring (bicyclic) bond motifs is 1. The number of carbonyl (C=O) groups excluding carboxylic acids is 1. The molecule has 1 amide bonds. The van der Waals surface area contributed by atoms with E-state index in [1.807, 2.05) is 35.2 Å². The van der Waals surface area contributed by atoms with Gasteiger partial charge < -0.3 is 15.4 Å². The van der Waals surface area contributed by atoms with E-state index in [-0.39, 0.29) is 17.7 Å². The highest BCUT2D eigenvalue weighted by molar-refractivity contribution is 5.74. The fourth-order valence-electron chi connectivity index (χ4n) is 2.90. The van der Waals surface area contributed by atoms with Gasteiger partial charge in [0.25, 0.3) is 5.56 Å². The van der Waals surface area contributed by atoms with Crippen molar-refractivity contribution in [3.8, 4) is 12.3 Å². The number of primary amides is 1. The zero-order valence-corrected chi connectivity index (χ0v) is 16.3. The molecule has 9 heteroatoms. The molecule has 154 valence electrons. The molecule has 9 nitrogen and oxygen atoms in total. The maximum atomic E-state index is 13.2. The highest BCUT2D eigenvalue weighted by atomic mass is 16.5. The minimum absolute atomic E-state index is 0.146. The number of pyridine rings is 1.